The van der Waals surface area contributed by atoms with Crippen LogP contribution in [0.1, 0.15) is 6.92 Å². The first kappa shape index (κ1) is 10.7. The number of aliphatic hydroxyl groups excluding tert-OH is 1. The first-order valence-corrected chi connectivity index (χ1v) is 3.08. The summed E-state index contributed by atoms with van der Waals surface area (Å²) in [6.45, 7) is 5.21. The molecular weight excluding hydrogens is 124 g/mol. The van der Waals surface area contributed by atoms with Crippen LogP contribution in [-0.2, 0) is 4.79 Å². The maximum Gasteiger partial charge on any atom is 0.180 e. The zero-order valence-electron chi connectivity index (χ0n) is 4.83. The molecule has 0 saturated heterocycles. The molecule has 0 aromatic heterocycles. The molecule has 0 saturated carbocycles. The average molecular weight is 134 g/mol. The van der Waals surface area contributed by atoms with E-state index in [1.807, 2.05) is 0 Å². The molecular formula is C5H10O2S. The highest BCUT2D eigenvalue weighted by Crippen LogP contribution is 1.88. The van der Waals surface area contributed by atoms with Gasteiger partial charge in [0.05, 0.1) is 0 Å². The topological polar surface area (TPSA) is 37.3 Å². The number of aliphatic hydroxyl groups is 1. The predicted octanol–water partition coefficient (Wildman–Crippen LogP) is 1.05. The molecule has 0 rings (SSSR count). The summed E-state index contributed by atoms with van der Waals surface area (Å²) in [5, 5.41) is 9.05. The van der Waals surface area contributed by atoms with Gasteiger partial charge < -0.3 is 5.11 Å². The fourth-order valence-corrected chi connectivity index (χ4v) is 0.118. The number of hydrogen-bond acceptors (Lipinski definition) is 3. The Labute approximate surface area is 53.6 Å². The van der Waals surface area contributed by atoms with E-state index >= 15 is 0 Å². The number of rotatable bonds is 2. The minimum atomic E-state index is 0.250. The van der Waals surface area contributed by atoms with E-state index in [9.17, 15) is 4.79 Å². The van der Waals surface area contributed by atoms with Crippen LogP contribution in [0.5, 0.6) is 0 Å². The van der Waals surface area contributed by atoms with Crippen LogP contribution >= 0.6 is 11.8 Å². The summed E-state index contributed by atoms with van der Waals surface area (Å²) in [4.78, 5) is 9.30. The van der Waals surface area contributed by atoms with Crippen LogP contribution in [0.2, 0.25) is 0 Å². The Balaban J connectivity index is 0. The molecule has 0 aliphatic heterocycles. The molecule has 0 atom stereocenters. The Kier molecular flexibility index (Phi) is 21.2. The molecule has 2 nitrogen and oxygen atoms in total. The lowest BCUT2D eigenvalue weighted by Gasteiger charge is -1.59. The van der Waals surface area contributed by atoms with Crippen molar-refractivity contribution >= 4 is 17.4 Å². The Morgan fingerprint density at radius 2 is 2.25 bits per heavy atom. The van der Waals surface area contributed by atoms with Crippen molar-refractivity contribution in [2.75, 3.05) is 6.61 Å². The van der Waals surface area contributed by atoms with Crippen LogP contribution < -0.4 is 0 Å². The predicted molar refractivity (Wildman–Crippen MR) is 37.3 cm³/mol. The number of thioether (sulfide) groups is 1. The van der Waals surface area contributed by atoms with Gasteiger partial charge in [-0.15, -0.1) is 0 Å². The van der Waals surface area contributed by atoms with Crippen molar-refractivity contribution in [3.8, 4) is 0 Å². The lowest BCUT2D eigenvalue weighted by Crippen LogP contribution is -1.57. The smallest absolute Gasteiger partial charge is 0.180 e. The zero-order valence-corrected chi connectivity index (χ0v) is 5.65. The van der Waals surface area contributed by atoms with Crippen LogP contribution in [0.15, 0.2) is 12.0 Å². The van der Waals surface area contributed by atoms with E-state index in [0.717, 1.165) is 17.4 Å². The Hall–Kier alpha value is -0.280. The molecule has 48 valence electrons. The SMILES string of the molecule is C=CSC=O.CCO. The lowest BCUT2D eigenvalue weighted by molar-refractivity contribution is 0.318. The van der Waals surface area contributed by atoms with E-state index in [-0.39, 0.29) is 6.61 Å². The van der Waals surface area contributed by atoms with Gasteiger partial charge in [0.25, 0.3) is 0 Å². The normalized spacial score (nSPS) is 6.25. The van der Waals surface area contributed by atoms with E-state index in [1.54, 1.807) is 6.92 Å². The molecule has 0 aromatic rings. The van der Waals surface area contributed by atoms with Crippen LogP contribution in [0, 0.1) is 0 Å². The number of hydrogen-bond donors (Lipinski definition) is 1. The van der Waals surface area contributed by atoms with Crippen LogP contribution in [0.25, 0.3) is 0 Å². The van der Waals surface area contributed by atoms with Crippen molar-refractivity contribution in [2.45, 2.75) is 6.92 Å². The highest BCUT2D eigenvalue weighted by atomic mass is 32.2. The third-order valence-electron chi connectivity index (χ3n) is 0.152. The van der Waals surface area contributed by atoms with Crippen molar-refractivity contribution in [1.29, 1.82) is 0 Å². The van der Waals surface area contributed by atoms with Gasteiger partial charge in [-0.25, -0.2) is 0 Å². The molecule has 0 aliphatic carbocycles. The summed E-state index contributed by atoms with van der Waals surface area (Å²) in [6.07, 6.45) is 0. The maximum atomic E-state index is 9.30. The third-order valence-corrected chi connectivity index (χ3v) is 0.455. The summed E-state index contributed by atoms with van der Waals surface area (Å²) in [5.41, 5.74) is 0.729. The fraction of sp³-hybridized carbons (Fsp3) is 0.400. The van der Waals surface area contributed by atoms with Gasteiger partial charge in [-0.05, 0) is 12.3 Å². The molecule has 0 radical (unpaired) electrons. The van der Waals surface area contributed by atoms with Gasteiger partial charge in [0.2, 0.25) is 0 Å². The average Bonchev–Trinajstić information content (AvgIpc) is 1.71. The summed E-state index contributed by atoms with van der Waals surface area (Å²) >= 11 is 1.05. The van der Waals surface area contributed by atoms with Crippen molar-refractivity contribution in [2.24, 2.45) is 0 Å². The van der Waals surface area contributed by atoms with Gasteiger partial charge in [0.15, 0.2) is 5.62 Å². The molecule has 0 spiro atoms. The van der Waals surface area contributed by atoms with E-state index in [2.05, 4.69) is 6.58 Å². The van der Waals surface area contributed by atoms with Gasteiger partial charge in [-0.1, -0.05) is 18.3 Å². The van der Waals surface area contributed by atoms with Crippen LogP contribution in [0.3, 0.4) is 0 Å². The third kappa shape index (κ3) is 43.1. The largest absolute Gasteiger partial charge is 0.397 e. The monoisotopic (exact) mass is 134 g/mol. The standard InChI is InChI=1S/C3H4OS.C2H6O/c1-2-5-3-4;1-2-3/h2-3H,1H2;3H,2H2,1H3. The van der Waals surface area contributed by atoms with Gasteiger partial charge >= 0.3 is 0 Å². The summed E-state index contributed by atoms with van der Waals surface area (Å²) in [5.74, 6) is 0. The van der Waals surface area contributed by atoms with E-state index < -0.39 is 0 Å². The summed E-state index contributed by atoms with van der Waals surface area (Å²) in [7, 11) is 0. The molecule has 0 unspecified atom stereocenters. The van der Waals surface area contributed by atoms with Gasteiger partial charge in [-0.3, -0.25) is 4.79 Å². The molecule has 0 aliphatic rings. The van der Waals surface area contributed by atoms with Crippen molar-refractivity contribution < 1.29 is 9.90 Å². The molecule has 3 heteroatoms. The zero-order chi connectivity index (χ0) is 6.83. The Bertz CT molecular complexity index is 48.4. The molecule has 1 N–H and O–H groups in total. The van der Waals surface area contributed by atoms with Gasteiger partial charge in [0, 0.05) is 6.61 Å². The van der Waals surface area contributed by atoms with Crippen LogP contribution in [0.4, 0.5) is 0 Å². The first-order chi connectivity index (χ1) is 3.83. The van der Waals surface area contributed by atoms with Crippen molar-refractivity contribution in [1.82, 2.24) is 0 Å². The van der Waals surface area contributed by atoms with E-state index in [0.29, 0.717) is 0 Å². The molecule has 0 amide bonds. The molecule has 0 heterocycles. The summed E-state index contributed by atoms with van der Waals surface area (Å²) < 4.78 is 0. The Morgan fingerprint density at radius 1 is 1.88 bits per heavy atom. The van der Waals surface area contributed by atoms with E-state index in [4.69, 9.17) is 5.11 Å². The minimum absolute atomic E-state index is 0.250. The fourth-order valence-electron chi connectivity index (χ4n) is 0.0393. The highest BCUT2D eigenvalue weighted by Gasteiger charge is 1.58. The number of carbonyl (C=O) groups is 1. The molecule has 0 fully saturated rings. The minimum Gasteiger partial charge on any atom is -0.397 e. The molecule has 0 bridgehead atoms. The lowest BCUT2D eigenvalue weighted by atomic mass is 10.9. The van der Waals surface area contributed by atoms with E-state index in [1.165, 1.54) is 5.41 Å². The first-order valence-electron chi connectivity index (χ1n) is 2.14. The second-order valence-corrected chi connectivity index (χ2v) is 1.51. The molecule has 0 aromatic carbocycles. The second kappa shape index (κ2) is 15.9. The number of carbonyl (C=O) groups excluding carboxylic acids is 1. The van der Waals surface area contributed by atoms with Gasteiger partial charge in [-0.2, -0.15) is 0 Å². The molecule has 8 heavy (non-hydrogen) atoms. The maximum absolute atomic E-state index is 9.30. The quantitative estimate of drug-likeness (QED) is 0.573. The summed E-state index contributed by atoms with van der Waals surface area (Å²) in [6, 6.07) is 0. The van der Waals surface area contributed by atoms with Crippen molar-refractivity contribution in [3.63, 3.8) is 0 Å². The van der Waals surface area contributed by atoms with Crippen molar-refractivity contribution in [3.05, 3.63) is 12.0 Å². The Morgan fingerprint density at radius 3 is 2.25 bits per heavy atom. The van der Waals surface area contributed by atoms with Gasteiger partial charge in [0.1, 0.15) is 0 Å². The second-order valence-electron chi connectivity index (χ2n) is 0.715. The highest BCUT2D eigenvalue weighted by molar-refractivity contribution is 8.14. The van der Waals surface area contributed by atoms with Crippen LogP contribution in [-0.4, -0.2) is 17.3 Å².